The number of benzene rings is 1. The number of esters is 1. The van der Waals surface area contributed by atoms with Gasteiger partial charge in [-0.15, -0.1) is 0 Å². The van der Waals surface area contributed by atoms with Gasteiger partial charge in [-0.1, -0.05) is 12.8 Å². The summed E-state index contributed by atoms with van der Waals surface area (Å²) in [5.74, 6) is -1.81. The molecule has 28 heavy (non-hydrogen) atoms. The molecule has 2 atom stereocenters. The molecule has 1 aliphatic carbocycles. The molecule has 0 spiro atoms. The van der Waals surface area contributed by atoms with Crippen LogP contribution in [0.4, 0.5) is 5.69 Å². The molecule has 2 fully saturated rings. The normalized spacial score (nSPS) is 21.2. The number of likely N-dealkylation sites (tertiary alicyclic amines) is 1. The number of hydrogen-bond donors (Lipinski definition) is 1. The van der Waals surface area contributed by atoms with E-state index in [1.165, 1.54) is 0 Å². The molecule has 1 aromatic rings. The van der Waals surface area contributed by atoms with Crippen LogP contribution < -0.4 is 10.1 Å². The van der Waals surface area contributed by atoms with Crippen molar-refractivity contribution in [1.29, 1.82) is 0 Å². The first kappa shape index (κ1) is 19.9. The molecule has 0 aromatic heterocycles. The molecule has 0 radical (unpaired) electrons. The van der Waals surface area contributed by atoms with Crippen molar-refractivity contribution in [2.24, 2.45) is 11.8 Å². The molecule has 8 nitrogen and oxygen atoms in total. The van der Waals surface area contributed by atoms with E-state index in [0.29, 0.717) is 30.9 Å². The van der Waals surface area contributed by atoms with E-state index in [0.717, 1.165) is 17.7 Å². The van der Waals surface area contributed by atoms with Gasteiger partial charge in [-0.3, -0.25) is 24.1 Å². The lowest BCUT2D eigenvalue weighted by Gasteiger charge is -2.19. The Morgan fingerprint density at radius 2 is 1.68 bits per heavy atom. The average Bonchev–Trinajstić information content (AvgIpc) is 2.93. The zero-order chi connectivity index (χ0) is 20.1. The van der Waals surface area contributed by atoms with Crippen molar-refractivity contribution in [2.75, 3.05) is 25.1 Å². The van der Waals surface area contributed by atoms with Gasteiger partial charge in [0.2, 0.25) is 11.8 Å². The Morgan fingerprint density at radius 1 is 1.07 bits per heavy atom. The van der Waals surface area contributed by atoms with E-state index in [2.05, 4.69) is 5.32 Å². The fraction of sp³-hybridized carbons (Fsp3) is 0.500. The second-order valence-corrected chi connectivity index (χ2v) is 6.93. The smallest absolute Gasteiger partial charge is 0.326 e. The second-order valence-electron chi connectivity index (χ2n) is 6.93. The molecule has 1 saturated heterocycles. The van der Waals surface area contributed by atoms with Crippen LogP contribution in [-0.2, 0) is 23.9 Å². The lowest BCUT2D eigenvalue weighted by Crippen LogP contribution is -2.37. The van der Waals surface area contributed by atoms with E-state index in [1.54, 1.807) is 24.3 Å². The number of nitrogens with one attached hydrogen (secondary N) is 1. The summed E-state index contributed by atoms with van der Waals surface area (Å²) in [6.45, 7) is 1.49. The summed E-state index contributed by atoms with van der Waals surface area (Å²) in [6, 6.07) is 6.78. The van der Waals surface area contributed by atoms with Gasteiger partial charge in [0, 0.05) is 5.69 Å². The molecule has 3 rings (SSSR count). The number of rotatable bonds is 7. The SMILES string of the molecule is CCOc1ccc(NC(=O)COC(=O)CN2C(=O)[C@@H]3CCCC[C@H]3C2=O)cc1. The molecule has 1 aromatic carbocycles. The van der Waals surface area contributed by atoms with Gasteiger partial charge in [0.1, 0.15) is 12.3 Å². The first-order chi connectivity index (χ1) is 13.5. The van der Waals surface area contributed by atoms with E-state index < -0.39 is 25.0 Å². The molecule has 1 saturated carbocycles. The van der Waals surface area contributed by atoms with Crippen molar-refractivity contribution in [3.8, 4) is 5.75 Å². The van der Waals surface area contributed by atoms with E-state index in [-0.39, 0.29) is 23.7 Å². The predicted molar refractivity (Wildman–Crippen MR) is 99.4 cm³/mol. The summed E-state index contributed by atoms with van der Waals surface area (Å²) < 4.78 is 10.2. The summed E-state index contributed by atoms with van der Waals surface area (Å²) in [4.78, 5) is 49.6. The summed E-state index contributed by atoms with van der Waals surface area (Å²) in [5, 5.41) is 2.60. The number of ether oxygens (including phenoxy) is 2. The quantitative estimate of drug-likeness (QED) is 0.564. The minimum atomic E-state index is -0.776. The topological polar surface area (TPSA) is 102 Å². The minimum absolute atomic E-state index is 0.300. The van der Waals surface area contributed by atoms with Crippen molar-refractivity contribution >= 4 is 29.4 Å². The Morgan fingerprint density at radius 3 is 2.25 bits per heavy atom. The molecule has 150 valence electrons. The van der Waals surface area contributed by atoms with E-state index in [4.69, 9.17) is 9.47 Å². The summed E-state index contributed by atoms with van der Waals surface area (Å²) >= 11 is 0. The average molecular weight is 388 g/mol. The highest BCUT2D eigenvalue weighted by Crippen LogP contribution is 2.37. The van der Waals surface area contributed by atoms with E-state index >= 15 is 0 Å². The van der Waals surface area contributed by atoms with Crippen LogP contribution in [0.25, 0.3) is 0 Å². The highest BCUT2D eigenvalue weighted by atomic mass is 16.5. The van der Waals surface area contributed by atoms with Gasteiger partial charge in [-0.25, -0.2) is 0 Å². The lowest BCUT2D eigenvalue weighted by molar-refractivity contribution is -0.154. The van der Waals surface area contributed by atoms with E-state index in [9.17, 15) is 19.2 Å². The number of hydrogen-bond acceptors (Lipinski definition) is 6. The van der Waals surface area contributed by atoms with Crippen molar-refractivity contribution in [3.63, 3.8) is 0 Å². The number of imide groups is 1. The minimum Gasteiger partial charge on any atom is -0.494 e. The maximum atomic E-state index is 12.3. The highest BCUT2D eigenvalue weighted by Gasteiger charge is 2.48. The Bertz CT molecular complexity index is 736. The van der Waals surface area contributed by atoms with Crippen molar-refractivity contribution in [2.45, 2.75) is 32.6 Å². The fourth-order valence-corrected chi connectivity index (χ4v) is 3.71. The van der Waals surface area contributed by atoms with Crippen LogP contribution >= 0.6 is 0 Å². The third kappa shape index (κ3) is 4.49. The van der Waals surface area contributed by atoms with Crippen molar-refractivity contribution < 1.29 is 28.7 Å². The molecular formula is C20H24N2O6. The first-order valence-corrected chi connectivity index (χ1v) is 9.53. The largest absolute Gasteiger partial charge is 0.494 e. The van der Waals surface area contributed by atoms with Crippen LogP contribution in [0.3, 0.4) is 0 Å². The predicted octanol–water partition coefficient (Wildman–Crippen LogP) is 1.74. The van der Waals surface area contributed by atoms with Gasteiger partial charge in [-0.2, -0.15) is 0 Å². The van der Waals surface area contributed by atoms with Crippen LogP contribution in [0.15, 0.2) is 24.3 Å². The zero-order valence-corrected chi connectivity index (χ0v) is 15.8. The summed E-state index contributed by atoms with van der Waals surface area (Å²) in [7, 11) is 0. The van der Waals surface area contributed by atoms with Gasteiger partial charge in [0.25, 0.3) is 5.91 Å². The molecule has 8 heteroatoms. The fourth-order valence-electron chi connectivity index (χ4n) is 3.71. The van der Waals surface area contributed by atoms with Crippen molar-refractivity contribution in [1.82, 2.24) is 4.90 Å². The molecule has 2 aliphatic rings. The molecule has 1 aliphatic heterocycles. The van der Waals surface area contributed by atoms with Crippen LogP contribution in [0.2, 0.25) is 0 Å². The molecular weight excluding hydrogens is 364 g/mol. The van der Waals surface area contributed by atoms with Gasteiger partial charge >= 0.3 is 5.97 Å². The van der Waals surface area contributed by atoms with Crippen LogP contribution in [0.5, 0.6) is 5.75 Å². The second kappa shape index (κ2) is 8.86. The number of nitrogens with zero attached hydrogens (tertiary/aromatic N) is 1. The van der Waals surface area contributed by atoms with Gasteiger partial charge in [0.05, 0.1) is 18.4 Å². The number of carbonyl (C=O) groups excluding carboxylic acids is 4. The Hall–Kier alpha value is -2.90. The molecule has 0 bridgehead atoms. The Kier molecular flexibility index (Phi) is 6.28. The van der Waals surface area contributed by atoms with Gasteiger partial charge in [-0.05, 0) is 44.0 Å². The standard InChI is InChI=1S/C20H24N2O6/c1-2-27-14-9-7-13(8-10-14)21-17(23)12-28-18(24)11-22-19(25)15-5-3-4-6-16(15)20(22)26/h7-10,15-16H,2-6,11-12H2,1H3,(H,21,23)/t15-,16-/m1/s1. The zero-order valence-electron chi connectivity index (χ0n) is 15.8. The van der Waals surface area contributed by atoms with Gasteiger partial charge < -0.3 is 14.8 Å². The monoisotopic (exact) mass is 388 g/mol. The number of anilines is 1. The molecule has 1 N–H and O–H groups in total. The van der Waals surface area contributed by atoms with Crippen LogP contribution in [0.1, 0.15) is 32.6 Å². The van der Waals surface area contributed by atoms with Crippen LogP contribution in [-0.4, -0.2) is 48.3 Å². The summed E-state index contributed by atoms with van der Waals surface area (Å²) in [5.41, 5.74) is 0.540. The first-order valence-electron chi connectivity index (χ1n) is 9.53. The Labute approximate surface area is 163 Å². The highest BCUT2D eigenvalue weighted by molar-refractivity contribution is 6.07. The maximum absolute atomic E-state index is 12.3. The number of carbonyl (C=O) groups is 4. The van der Waals surface area contributed by atoms with Crippen LogP contribution in [0, 0.1) is 11.8 Å². The molecule has 0 unspecified atom stereocenters. The molecule has 1 heterocycles. The third-order valence-electron chi connectivity index (χ3n) is 5.03. The number of fused-ring (bicyclic) bond motifs is 1. The molecule has 3 amide bonds. The summed E-state index contributed by atoms with van der Waals surface area (Å²) in [6.07, 6.45) is 3.21. The lowest BCUT2D eigenvalue weighted by atomic mass is 9.81. The number of amides is 3. The van der Waals surface area contributed by atoms with E-state index in [1.807, 2.05) is 6.92 Å². The maximum Gasteiger partial charge on any atom is 0.326 e. The Balaban J connectivity index is 1.45. The van der Waals surface area contributed by atoms with Gasteiger partial charge in [0.15, 0.2) is 6.61 Å². The van der Waals surface area contributed by atoms with Crippen molar-refractivity contribution in [3.05, 3.63) is 24.3 Å². The third-order valence-corrected chi connectivity index (χ3v) is 5.03.